The van der Waals surface area contributed by atoms with Crippen molar-refractivity contribution in [3.63, 3.8) is 0 Å². The highest BCUT2D eigenvalue weighted by molar-refractivity contribution is 8.02. The smallest absolute Gasteiger partial charge is 0.329 e. The van der Waals surface area contributed by atoms with Crippen LogP contribution in [0.2, 0.25) is 0 Å². The zero-order valence-corrected chi connectivity index (χ0v) is 25.2. The molecule has 210 valence electrons. The molecule has 3 N–H and O–H groups in total. The lowest BCUT2D eigenvalue weighted by atomic mass is 9.99. The Labute approximate surface area is 229 Å². The van der Waals surface area contributed by atoms with Crippen molar-refractivity contribution >= 4 is 29.9 Å². The summed E-state index contributed by atoms with van der Waals surface area (Å²) in [4.78, 5) is 15.4. The van der Waals surface area contributed by atoms with E-state index in [9.17, 15) is 4.79 Å². The fourth-order valence-electron chi connectivity index (χ4n) is 4.39. The van der Waals surface area contributed by atoms with Crippen LogP contribution in [0.25, 0.3) is 0 Å². The van der Waals surface area contributed by atoms with Gasteiger partial charge in [-0.1, -0.05) is 40.7 Å². The average Bonchev–Trinajstić information content (AvgIpc) is 3.58. The Morgan fingerprint density at radius 1 is 1.11 bits per heavy atom. The number of hydrogen-bond donors (Lipinski definition) is 3. The molecule has 7 nitrogen and oxygen atoms in total. The summed E-state index contributed by atoms with van der Waals surface area (Å²) in [5.41, 5.74) is 6.41. The number of urea groups is 1. The van der Waals surface area contributed by atoms with E-state index in [2.05, 4.69) is 27.9 Å². The number of nitrogens with one attached hydrogen (secondary N) is 3. The van der Waals surface area contributed by atoms with Crippen LogP contribution in [0.1, 0.15) is 83.1 Å². The lowest BCUT2D eigenvalue weighted by molar-refractivity contribution is -0.00431. The van der Waals surface area contributed by atoms with Crippen LogP contribution in [0.3, 0.4) is 0 Å². The molecule has 0 aromatic heterocycles. The number of benzene rings is 1. The number of nitrogens with zero attached hydrogens (tertiary/aromatic N) is 1. The van der Waals surface area contributed by atoms with Crippen LogP contribution in [0.4, 0.5) is 10.5 Å². The minimum atomic E-state index is -0.264. The maximum absolute atomic E-state index is 12.7. The standard InChI is InChI=1S/C25H38N4O3S.2C2H6/c1-5-20(31-13-12-29(3)4)16-32-17(2)23(15-26)33-28-25(30)27-24-21-10-6-8-18(21)14-19-9-7-11-22(19)24;2*1-2/h14-15,20,26H,5-13,16H2,1-4H3,(H2,27,28,30);2*1-2H3/b23-17-,26-15?;;. The van der Waals surface area contributed by atoms with Gasteiger partial charge in [-0.2, -0.15) is 0 Å². The number of anilines is 1. The van der Waals surface area contributed by atoms with E-state index in [0.717, 1.165) is 69.1 Å². The molecule has 3 rings (SSSR count). The summed E-state index contributed by atoms with van der Waals surface area (Å²) in [5.74, 6) is 0.603. The summed E-state index contributed by atoms with van der Waals surface area (Å²) in [5, 5.41) is 10.9. The highest BCUT2D eigenvalue weighted by Gasteiger charge is 2.25. The fourth-order valence-corrected chi connectivity index (χ4v) is 4.90. The summed E-state index contributed by atoms with van der Waals surface area (Å²) in [7, 11) is 4.03. The topological polar surface area (TPSA) is 86.7 Å². The van der Waals surface area contributed by atoms with Gasteiger partial charge in [0.15, 0.2) is 0 Å². The van der Waals surface area contributed by atoms with E-state index in [1.54, 1.807) is 0 Å². The Kier molecular flexibility index (Phi) is 16.3. The van der Waals surface area contributed by atoms with Gasteiger partial charge in [-0.3, -0.25) is 4.72 Å². The fraction of sp³-hybridized carbons (Fsp3) is 0.655. The van der Waals surface area contributed by atoms with Crippen molar-refractivity contribution in [1.82, 2.24) is 9.62 Å². The third kappa shape index (κ3) is 10.3. The van der Waals surface area contributed by atoms with Gasteiger partial charge in [0.05, 0.1) is 17.6 Å². The summed E-state index contributed by atoms with van der Waals surface area (Å²) in [6.07, 6.45) is 8.61. The van der Waals surface area contributed by atoms with E-state index in [4.69, 9.17) is 14.9 Å². The van der Waals surface area contributed by atoms with E-state index in [-0.39, 0.29) is 12.1 Å². The van der Waals surface area contributed by atoms with E-state index < -0.39 is 0 Å². The third-order valence-electron chi connectivity index (χ3n) is 6.28. The molecule has 37 heavy (non-hydrogen) atoms. The molecule has 0 fully saturated rings. The number of ether oxygens (including phenoxy) is 2. The molecule has 1 unspecified atom stereocenters. The predicted molar refractivity (Wildman–Crippen MR) is 159 cm³/mol. The number of carbonyl (C=O) groups excluding carboxylic acids is 1. The normalized spacial score (nSPS) is 14.7. The molecule has 2 aliphatic carbocycles. The molecule has 1 atom stereocenters. The predicted octanol–water partition coefficient (Wildman–Crippen LogP) is 6.74. The van der Waals surface area contributed by atoms with Crippen molar-refractivity contribution in [2.24, 2.45) is 0 Å². The lowest BCUT2D eigenvalue weighted by Gasteiger charge is -2.19. The monoisotopic (exact) mass is 534 g/mol. The van der Waals surface area contributed by atoms with Crippen LogP contribution in [0.5, 0.6) is 0 Å². The Balaban J connectivity index is 0.00000163. The second-order valence-electron chi connectivity index (χ2n) is 8.97. The molecule has 0 bridgehead atoms. The van der Waals surface area contributed by atoms with Gasteiger partial charge >= 0.3 is 6.03 Å². The van der Waals surface area contributed by atoms with Crippen molar-refractivity contribution in [2.45, 2.75) is 92.6 Å². The number of likely N-dealkylation sites (N-methyl/N-ethyl adjacent to an activating group) is 1. The molecule has 1 aromatic carbocycles. The number of amides is 2. The van der Waals surface area contributed by atoms with Crippen LogP contribution in [-0.2, 0) is 35.2 Å². The zero-order valence-electron chi connectivity index (χ0n) is 24.4. The average molecular weight is 535 g/mol. The molecule has 0 saturated carbocycles. The molecule has 8 heteroatoms. The number of allylic oxidation sites excluding steroid dienone is 2. The number of hydrogen-bond acceptors (Lipinski definition) is 6. The van der Waals surface area contributed by atoms with Gasteiger partial charge in [0.2, 0.25) is 0 Å². The Morgan fingerprint density at radius 3 is 2.22 bits per heavy atom. The molecular weight excluding hydrogens is 484 g/mol. The minimum absolute atomic E-state index is 0.00425. The first-order valence-corrected chi connectivity index (χ1v) is 14.7. The number of aryl methyl sites for hydroxylation is 2. The quantitative estimate of drug-likeness (QED) is 0.157. The Morgan fingerprint density at radius 2 is 1.70 bits per heavy atom. The van der Waals surface area contributed by atoms with Gasteiger partial charge in [0.25, 0.3) is 0 Å². The molecule has 0 radical (unpaired) electrons. The Bertz CT molecular complexity index is 854. The maximum Gasteiger partial charge on any atom is 0.329 e. The van der Waals surface area contributed by atoms with Crippen molar-refractivity contribution in [3.8, 4) is 0 Å². The second kappa shape index (κ2) is 18.3. The SMILES string of the molecule is CC.CC.CCC(CO/C(C)=C(/C=N)SNC(=O)Nc1c2c(cc3c1CCC3)CCC2)OCCN(C)C. The first kappa shape index (κ1) is 33.0. The van der Waals surface area contributed by atoms with Gasteiger partial charge in [0.1, 0.15) is 12.4 Å². The van der Waals surface area contributed by atoms with Crippen LogP contribution >= 0.6 is 11.9 Å². The van der Waals surface area contributed by atoms with Crippen LogP contribution < -0.4 is 10.0 Å². The van der Waals surface area contributed by atoms with Crippen molar-refractivity contribution < 1.29 is 14.3 Å². The van der Waals surface area contributed by atoms with Gasteiger partial charge in [-0.15, -0.1) is 0 Å². The molecule has 1 aromatic rings. The van der Waals surface area contributed by atoms with Crippen LogP contribution in [0.15, 0.2) is 16.7 Å². The summed E-state index contributed by atoms with van der Waals surface area (Å²) in [6.45, 7) is 13.8. The van der Waals surface area contributed by atoms with Gasteiger partial charge in [-0.25, -0.2) is 4.79 Å². The van der Waals surface area contributed by atoms with Crippen molar-refractivity contribution in [1.29, 1.82) is 5.41 Å². The second-order valence-corrected chi connectivity index (χ2v) is 9.82. The third-order valence-corrected chi connectivity index (χ3v) is 7.19. The van der Waals surface area contributed by atoms with Crippen LogP contribution in [0, 0.1) is 5.41 Å². The largest absolute Gasteiger partial charge is 0.494 e. The number of fused-ring (bicyclic) bond motifs is 2. The maximum atomic E-state index is 12.7. The number of rotatable bonds is 12. The van der Waals surface area contributed by atoms with E-state index in [1.165, 1.54) is 28.5 Å². The minimum Gasteiger partial charge on any atom is -0.494 e. The highest BCUT2D eigenvalue weighted by atomic mass is 32.2. The first-order chi connectivity index (χ1) is 17.9. The van der Waals surface area contributed by atoms with Crippen molar-refractivity contribution in [3.05, 3.63) is 39.0 Å². The van der Waals surface area contributed by atoms with Gasteiger partial charge in [-0.05, 0) is 100 Å². The van der Waals surface area contributed by atoms with E-state index in [1.807, 2.05) is 48.7 Å². The van der Waals surface area contributed by atoms with Crippen molar-refractivity contribution in [2.75, 3.05) is 39.2 Å². The van der Waals surface area contributed by atoms with E-state index >= 15 is 0 Å². The Hall–Kier alpha value is -2.03. The zero-order chi connectivity index (χ0) is 27.8. The number of carbonyl (C=O) groups is 1. The lowest BCUT2D eigenvalue weighted by Crippen LogP contribution is -2.26. The summed E-state index contributed by atoms with van der Waals surface area (Å²) < 4.78 is 14.6. The molecule has 0 saturated heterocycles. The highest BCUT2D eigenvalue weighted by Crippen LogP contribution is 2.38. The molecular formula is C29H50N4O3S. The van der Waals surface area contributed by atoms with Gasteiger partial charge < -0.3 is 25.1 Å². The summed E-state index contributed by atoms with van der Waals surface area (Å²) >= 11 is 1.11. The molecule has 0 heterocycles. The molecule has 0 spiro atoms. The summed E-state index contributed by atoms with van der Waals surface area (Å²) in [6, 6.07) is 2.09. The first-order valence-electron chi connectivity index (χ1n) is 13.9. The molecule has 0 aliphatic heterocycles. The molecule has 2 amide bonds. The van der Waals surface area contributed by atoms with E-state index in [0.29, 0.717) is 23.9 Å². The van der Waals surface area contributed by atoms with Gasteiger partial charge in [0, 0.05) is 18.4 Å². The van der Waals surface area contributed by atoms with Crippen LogP contribution in [-0.4, -0.2) is 57.1 Å². The molecule has 2 aliphatic rings.